The van der Waals surface area contributed by atoms with Gasteiger partial charge >= 0.3 is 5.97 Å². The molecular formula is C18H18BrNO4S. The molecule has 0 aromatic heterocycles. The average Bonchev–Trinajstić information content (AvgIpc) is 3.27. The lowest BCUT2D eigenvalue weighted by Gasteiger charge is -2.10. The molecule has 1 saturated carbocycles. The Morgan fingerprint density at radius 3 is 2.20 bits per heavy atom. The SMILES string of the molecule is Cc1ccc(S(=O)(=O)[C@@H]2[C@H](c3ccc(Br)cc3)[C@@]2(CN)C(=O)O)cc1. The van der Waals surface area contributed by atoms with Gasteiger partial charge in [0.25, 0.3) is 0 Å². The Bertz CT molecular complexity index is 909. The van der Waals surface area contributed by atoms with Gasteiger partial charge in [-0.2, -0.15) is 0 Å². The molecule has 5 nitrogen and oxygen atoms in total. The lowest BCUT2D eigenvalue weighted by Crippen LogP contribution is -2.31. The van der Waals surface area contributed by atoms with Gasteiger partial charge in [0.15, 0.2) is 9.84 Å². The zero-order valence-corrected chi connectivity index (χ0v) is 15.9. The van der Waals surface area contributed by atoms with Gasteiger partial charge in [-0.3, -0.25) is 4.79 Å². The minimum absolute atomic E-state index is 0.127. The van der Waals surface area contributed by atoms with Crippen molar-refractivity contribution in [3.05, 3.63) is 64.1 Å². The first kappa shape index (κ1) is 18.1. The Kier molecular flexibility index (Phi) is 4.51. The number of carboxylic acids is 1. The van der Waals surface area contributed by atoms with Gasteiger partial charge in [-0.05, 0) is 36.8 Å². The number of sulfone groups is 1. The summed E-state index contributed by atoms with van der Waals surface area (Å²) >= 11 is 3.33. The molecule has 0 bridgehead atoms. The van der Waals surface area contributed by atoms with Gasteiger partial charge in [-0.1, -0.05) is 45.8 Å². The van der Waals surface area contributed by atoms with E-state index in [4.69, 9.17) is 5.73 Å². The third-order valence-electron chi connectivity index (χ3n) is 4.91. The maximum absolute atomic E-state index is 13.1. The van der Waals surface area contributed by atoms with Crippen molar-refractivity contribution in [2.75, 3.05) is 6.54 Å². The van der Waals surface area contributed by atoms with E-state index >= 15 is 0 Å². The van der Waals surface area contributed by atoms with Crippen molar-refractivity contribution in [1.82, 2.24) is 0 Å². The number of nitrogens with two attached hydrogens (primary N) is 1. The van der Waals surface area contributed by atoms with Gasteiger partial charge in [0.1, 0.15) is 5.41 Å². The number of carbonyl (C=O) groups is 1. The molecule has 0 spiro atoms. The number of hydrogen-bond acceptors (Lipinski definition) is 4. The standard InChI is InChI=1S/C18H18BrNO4S/c1-11-2-8-14(9-3-11)25(23,24)16-15(18(16,10-20)17(21)22)12-4-6-13(19)7-5-12/h2-9,15-16H,10,20H2,1H3,(H,21,22)/t15-,16+,18+/m0/s1. The highest BCUT2D eigenvalue weighted by molar-refractivity contribution is 9.10. The average molecular weight is 424 g/mol. The third kappa shape index (κ3) is 2.80. The lowest BCUT2D eigenvalue weighted by atomic mass is 9.99. The van der Waals surface area contributed by atoms with Gasteiger partial charge in [-0.15, -0.1) is 0 Å². The van der Waals surface area contributed by atoms with Crippen LogP contribution in [0.5, 0.6) is 0 Å². The van der Waals surface area contributed by atoms with Gasteiger partial charge in [-0.25, -0.2) is 8.42 Å². The number of benzene rings is 2. The normalized spacial score (nSPS) is 25.6. The van der Waals surface area contributed by atoms with E-state index in [-0.39, 0.29) is 11.4 Å². The van der Waals surface area contributed by atoms with E-state index in [1.807, 2.05) is 6.92 Å². The maximum atomic E-state index is 13.1. The van der Waals surface area contributed by atoms with Crippen molar-refractivity contribution in [2.45, 2.75) is 23.0 Å². The number of hydrogen-bond donors (Lipinski definition) is 2. The second kappa shape index (κ2) is 6.23. The lowest BCUT2D eigenvalue weighted by molar-refractivity contribution is -0.143. The zero-order chi connectivity index (χ0) is 18.4. The smallest absolute Gasteiger partial charge is 0.312 e. The van der Waals surface area contributed by atoms with Crippen molar-refractivity contribution in [2.24, 2.45) is 11.1 Å². The number of carboxylic acid groups (broad SMARTS) is 1. The fourth-order valence-corrected chi connectivity index (χ4v) is 6.11. The van der Waals surface area contributed by atoms with E-state index in [2.05, 4.69) is 15.9 Å². The maximum Gasteiger partial charge on any atom is 0.312 e. The largest absolute Gasteiger partial charge is 0.481 e. The second-order valence-electron chi connectivity index (χ2n) is 6.36. The predicted octanol–water partition coefficient (Wildman–Crippen LogP) is 2.73. The molecule has 25 heavy (non-hydrogen) atoms. The Hall–Kier alpha value is -1.70. The van der Waals surface area contributed by atoms with Crippen LogP contribution in [0.25, 0.3) is 0 Å². The van der Waals surface area contributed by atoms with Crippen LogP contribution in [0.3, 0.4) is 0 Å². The minimum atomic E-state index is -3.83. The van der Waals surface area contributed by atoms with Crippen LogP contribution in [-0.4, -0.2) is 31.3 Å². The van der Waals surface area contributed by atoms with Gasteiger partial charge in [0.05, 0.1) is 10.1 Å². The van der Waals surface area contributed by atoms with Gasteiger partial charge in [0, 0.05) is 16.9 Å². The quantitative estimate of drug-likeness (QED) is 0.770. The van der Waals surface area contributed by atoms with Crippen LogP contribution in [-0.2, 0) is 14.6 Å². The molecule has 0 amide bonds. The Morgan fingerprint density at radius 2 is 1.72 bits per heavy atom. The van der Waals surface area contributed by atoms with E-state index in [0.717, 1.165) is 10.0 Å². The van der Waals surface area contributed by atoms with Crippen LogP contribution in [0.15, 0.2) is 57.9 Å². The summed E-state index contributed by atoms with van der Waals surface area (Å²) in [5.41, 5.74) is 5.86. The third-order valence-corrected chi connectivity index (χ3v) is 7.72. The first-order valence-corrected chi connectivity index (χ1v) is 10.1. The fraction of sp³-hybridized carbons (Fsp3) is 0.278. The molecule has 0 saturated heterocycles. The van der Waals surface area contributed by atoms with Crippen molar-refractivity contribution in [3.8, 4) is 0 Å². The number of halogens is 1. The molecule has 0 aliphatic heterocycles. The van der Waals surface area contributed by atoms with E-state index in [1.165, 1.54) is 12.1 Å². The first-order valence-electron chi connectivity index (χ1n) is 7.74. The summed E-state index contributed by atoms with van der Waals surface area (Å²) in [6.07, 6.45) is 0. The molecule has 0 unspecified atom stereocenters. The van der Waals surface area contributed by atoms with Gasteiger partial charge in [0.2, 0.25) is 0 Å². The summed E-state index contributed by atoms with van der Waals surface area (Å²) < 4.78 is 27.1. The molecule has 0 radical (unpaired) electrons. The highest BCUT2D eigenvalue weighted by atomic mass is 79.9. The number of aliphatic carboxylic acids is 1. The highest BCUT2D eigenvalue weighted by Crippen LogP contribution is 2.63. The van der Waals surface area contributed by atoms with Crippen molar-refractivity contribution < 1.29 is 18.3 Å². The summed E-state index contributed by atoms with van der Waals surface area (Å²) in [5.74, 6) is -1.85. The second-order valence-corrected chi connectivity index (χ2v) is 9.34. The van der Waals surface area contributed by atoms with Crippen LogP contribution in [0.4, 0.5) is 0 Å². The molecule has 3 N–H and O–H groups in total. The molecule has 1 aliphatic rings. The highest BCUT2D eigenvalue weighted by Gasteiger charge is 2.75. The molecule has 132 valence electrons. The zero-order valence-electron chi connectivity index (χ0n) is 13.5. The summed E-state index contributed by atoms with van der Waals surface area (Å²) in [4.78, 5) is 12.1. The molecular weight excluding hydrogens is 406 g/mol. The molecule has 3 rings (SSSR count). The molecule has 0 heterocycles. The van der Waals surface area contributed by atoms with Crippen LogP contribution in [0.1, 0.15) is 17.0 Å². The van der Waals surface area contributed by atoms with Crippen LogP contribution in [0, 0.1) is 12.3 Å². The number of aryl methyl sites for hydroxylation is 1. The van der Waals surface area contributed by atoms with Crippen molar-refractivity contribution in [3.63, 3.8) is 0 Å². The van der Waals surface area contributed by atoms with Crippen molar-refractivity contribution in [1.29, 1.82) is 0 Å². The van der Waals surface area contributed by atoms with E-state index in [9.17, 15) is 18.3 Å². The molecule has 7 heteroatoms. The monoisotopic (exact) mass is 423 g/mol. The Morgan fingerprint density at radius 1 is 1.16 bits per heavy atom. The topological polar surface area (TPSA) is 97.5 Å². The molecule has 2 aromatic rings. The minimum Gasteiger partial charge on any atom is -0.481 e. The Labute approximate surface area is 154 Å². The van der Waals surface area contributed by atoms with E-state index < -0.39 is 32.4 Å². The summed E-state index contributed by atoms with van der Waals surface area (Å²) in [5, 5.41) is 8.68. The van der Waals surface area contributed by atoms with Crippen LogP contribution >= 0.6 is 15.9 Å². The van der Waals surface area contributed by atoms with E-state index in [1.54, 1.807) is 36.4 Å². The first-order chi connectivity index (χ1) is 11.7. The van der Waals surface area contributed by atoms with Crippen LogP contribution < -0.4 is 5.73 Å². The Balaban J connectivity index is 2.10. The molecule has 2 aromatic carbocycles. The summed E-state index contributed by atoms with van der Waals surface area (Å²) in [7, 11) is -3.83. The number of rotatable bonds is 5. The van der Waals surface area contributed by atoms with E-state index in [0.29, 0.717) is 5.56 Å². The molecule has 1 aliphatic carbocycles. The molecule has 3 atom stereocenters. The summed E-state index contributed by atoms with van der Waals surface area (Å²) in [6.45, 7) is 1.62. The fourth-order valence-electron chi connectivity index (χ4n) is 3.46. The van der Waals surface area contributed by atoms with Crippen molar-refractivity contribution >= 4 is 31.7 Å². The van der Waals surface area contributed by atoms with Gasteiger partial charge < -0.3 is 10.8 Å². The molecule has 1 fully saturated rings. The summed E-state index contributed by atoms with van der Waals surface area (Å²) in [6, 6.07) is 13.5. The van der Waals surface area contributed by atoms with Crippen LogP contribution in [0.2, 0.25) is 0 Å². The predicted molar refractivity (Wildman–Crippen MR) is 98.2 cm³/mol.